The van der Waals surface area contributed by atoms with E-state index in [-0.39, 0.29) is 23.5 Å². The monoisotopic (exact) mass is 240 g/mol. The predicted molar refractivity (Wildman–Crippen MR) is 56.9 cm³/mol. The molecule has 0 bridgehead atoms. The van der Waals surface area contributed by atoms with Crippen LogP contribution in [0.2, 0.25) is 0 Å². The van der Waals surface area contributed by atoms with E-state index in [9.17, 15) is 14.7 Å². The lowest BCUT2D eigenvalue weighted by molar-refractivity contribution is -0.148. The van der Waals surface area contributed by atoms with Gasteiger partial charge in [0, 0.05) is 6.07 Å². The van der Waals surface area contributed by atoms with Crippen molar-refractivity contribution in [3.8, 4) is 11.5 Å². The summed E-state index contributed by atoms with van der Waals surface area (Å²) < 4.78 is 0. The van der Waals surface area contributed by atoms with Crippen LogP contribution < -0.4 is 0 Å². The van der Waals surface area contributed by atoms with E-state index in [0.717, 1.165) is 6.07 Å². The van der Waals surface area contributed by atoms with E-state index < -0.39 is 24.3 Å². The van der Waals surface area contributed by atoms with E-state index in [0.29, 0.717) is 0 Å². The third kappa shape index (κ3) is 3.67. The number of aliphatic carboxylic acids is 2. The molecule has 1 unspecified atom stereocenters. The van der Waals surface area contributed by atoms with Crippen LogP contribution in [0.4, 0.5) is 0 Å². The van der Waals surface area contributed by atoms with E-state index in [1.807, 2.05) is 0 Å². The SMILES string of the molecule is O=C(O)CC(Cc1ccc(O)cc1O)C(=O)O. The Bertz CT molecular complexity index is 440. The van der Waals surface area contributed by atoms with Gasteiger partial charge in [0.2, 0.25) is 0 Å². The normalized spacial score (nSPS) is 12.0. The van der Waals surface area contributed by atoms with Gasteiger partial charge >= 0.3 is 11.9 Å². The summed E-state index contributed by atoms with van der Waals surface area (Å²) in [6.07, 6.45) is -0.622. The number of carboxylic acids is 2. The summed E-state index contributed by atoms with van der Waals surface area (Å²) in [5.74, 6) is -3.95. The van der Waals surface area contributed by atoms with Crippen LogP contribution in [-0.4, -0.2) is 32.4 Å². The average molecular weight is 240 g/mol. The van der Waals surface area contributed by atoms with Crippen LogP contribution in [0.15, 0.2) is 18.2 Å². The van der Waals surface area contributed by atoms with Crippen molar-refractivity contribution in [2.24, 2.45) is 5.92 Å². The second-order valence-electron chi connectivity index (χ2n) is 3.65. The molecule has 0 saturated heterocycles. The minimum atomic E-state index is -1.24. The van der Waals surface area contributed by atoms with E-state index in [4.69, 9.17) is 15.3 Å². The number of carboxylic acid groups (broad SMARTS) is 2. The Balaban J connectivity index is 2.86. The van der Waals surface area contributed by atoms with E-state index in [1.165, 1.54) is 12.1 Å². The Morgan fingerprint density at radius 2 is 1.82 bits per heavy atom. The molecule has 0 aliphatic carbocycles. The fourth-order valence-electron chi connectivity index (χ4n) is 1.45. The van der Waals surface area contributed by atoms with Gasteiger partial charge in [-0.15, -0.1) is 0 Å². The molecule has 0 amide bonds. The maximum absolute atomic E-state index is 10.8. The number of carbonyl (C=O) groups is 2. The van der Waals surface area contributed by atoms with Gasteiger partial charge in [0.25, 0.3) is 0 Å². The molecule has 17 heavy (non-hydrogen) atoms. The fraction of sp³-hybridized carbons (Fsp3) is 0.273. The van der Waals surface area contributed by atoms with Crippen molar-refractivity contribution in [1.29, 1.82) is 0 Å². The zero-order valence-electron chi connectivity index (χ0n) is 8.83. The van der Waals surface area contributed by atoms with Crippen LogP contribution in [0, 0.1) is 5.92 Å². The van der Waals surface area contributed by atoms with Crippen molar-refractivity contribution in [2.45, 2.75) is 12.8 Å². The van der Waals surface area contributed by atoms with Gasteiger partial charge in [0.05, 0.1) is 12.3 Å². The average Bonchev–Trinajstić information content (AvgIpc) is 2.19. The third-order valence-corrected chi connectivity index (χ3v) is 2.31. The summed E-state index contributed by atoms with van der Waals surface area (Å²) in [4.78, 5) is 21.3. The summed E-state index contributed by atoms with van der Waals surface area (Å²) in [5, 5.41) is 35.9. The van der Waals surface area contributed by atoms with Gasteiger partial charge in [-0.05, 0) is 18.1 Å². The zero-order valence-corrected chi connectivity index (χ0v) is 8.83. The van der Waals surface area contributed by atoms with E-state index >= 15 is 0 Å². The van der Waals surface area contributed by atoms with Crippen LogP contribution in [0.3, 0.4) is 0 Å². The molecule has 1 aromatic carbocycles. The van der Waals surface area contributed by atoms with Gasteiger partial charge in [-0.25, -0.2) is 0 Å². The first-order chi connectivity index (χ1) is 7.90. The topological polar surface area (TPSA) is 115 Å². The highest BCUT2D eigenvalue weighted by molar-refractivity contribution is 5.78. The van der Waals surface area contributed by atoms with Crippen molar-refractivity contribution < 1.29 is 30.0 Å². The highest BCUT2D eigenvalue weighted by atomic mass is 16.4. The Morgan fingerprint density at radius 1 is 1.18 bits per heavy atom. The molecule has 1 aromatic rings. The number of rotatable bonds is 5. The maximum Gasteiger partial charge on any atom is 0.307 e. The van der Waals surface area contributed by atoms with Gasteiger partial charge in [0.15, 0.2) is 0 Å². The molecule has 0 fully saturated rings. The first kappa shape index (κ1) is 12.8. The van der Waals surface area contributed by atoms with Crippen molar-refractivity contribution >= 4 is 11.9 Å². The zero-order chi connectivity index (χ0) is 13.0. The highest BCUT2D eigenvalue weighted by Crippen LogP contribution is 2.25. The minimum absolute atomic E-state index is 0.103. The van der Waals surface area contributed by atoms with E-state index in [2.05, 4.69) is 0 Å². The lowest BCUT2D eigenvalue weighted by Gasteiger charge is -2.11. The molecular formula is C11H12O6. The number of phenols is 2. The van der Waals surface area contributed by atoms with Crippen molar-refractivity contribution in [1.82, 2.24) is 0 Å². The lowest BCUT2D eigenvalue weighted by atomic mass is 9.96. The molecule has 4 N–H and O–H groups in total. The van der Waals surface area contributed by atoms with Gasteiger partial charge in [-0.3, -0.25) is 9.59 Å². The Labute approximate surface area is 96.8 Å². The molecule has 0 radical (unpaired) electrons. The molecule has 92 valence electrons. The summed E-state index contributed by atoms with van der Waals surface area (Å²) >= 11 is 0. The largest absolute Gasteiger partial charge is 0.508 e. The van der Waals surface area contributed by atoms with Crippen LogP contribution >= 0.6 is 0 Å². The number of phenolic OH excluding ortho intramolecular Hbond substituents is 2. The second-order valence-corrected chi connectivity index (χ2v) is 3.65. The molecule has 0 heterocycles. The van der Waals surface area contributed by atoms with Crippen LogP contribution in [-0.2, 0) is 16.0 Å². The standard InChI is InChI=1S/C11H12O6/c12-8-2-1-6(9(13)5-8)3-7(11(16)17)4-10(14)15/h1-2,5,7,12-13H,3-4H2,(H,14,15)(H,16,17). The molecule has 0 aromatic heterocycles. The molecular weight excluding hydrogens is 228 g/mol. The molecule has 6 heteroatoms. The van der Waals surface area contributed by atoms with Gasteiger partial charge < -0.3 is 20.4 Å². The molecule has 0 aliphatic heterocycles. The summed E-state index contributed by atoms with van der Waals surface area (Å²) in [6.45, 7) is 0. The molecule has 1 atom stereocenters. The summed E-state index contributed by atoms with van der Waals surface area (Å²) in [6, 6.07) is 3.74. The number of aromatic hydroxyl groups is 2. The lowest BCUT2D eigenvalue weighted by Crippen LogP contribution is -2.20. The second kappa shape index (κ2) is 5.20. The van der Waals surface area contributed by atoms with Gasteiger partial charge in [0.1, 0.15) is 11.5 Å². The fourth-order valence-corrected chi connectivity index (χ4v) is 1.45. The number of hydrogen-bond acceptors (Lipinski definition) is 4. The Morgan fingerprint density at radius 3 is 2.29 bits per heavy atom. The molecule has 0 spiro atoms. The molecule has 6 nitrogen and oxygen atoms in total. The van der Waals surface area contributed by atoms with Crippen LogP contribution in [0.5, 0.6) is 11.5 Å². The van der Waals surface area contributed by atoms with E-state index in [1.54, 1.807) is 0 Å². The molecule has 0 aliphatic rings. The Hall–Kier alpha value is -2.24. The molecule has 1 rings (SSSR count). The predicted octanol–water partition coefficient (Wildman–Crippen LogP) is 0.816. The maximum atomic E-state index is 10.8. The number of benzene rings is 1. The summed E-state index contributed by atoms with van der Waals surface area (Å²) in [5.41, 5.74) is 0.288. The third-order valence-electron chi connectivity index (χ3n) is 2.31. The van der Waals surface area contributed by atoms with Crippen molar-refractivity contribution in [3.63, 3.8) is 0 Å². The quantitative estimate of drug-likeness (QED) is 0.605. The first-order valence-corrected chi connectivity index (χ1v) is 4.85. The molecule has 0 saturated carbocycles. The van der Waals surface area contributed by atoms with Gasteiger partial charge in [-0.1, -0.05) is 6.07 Å². The van der Waals surface area contributed by atoms with Crippen molar-refractivity contribution in [2.75, 3.05) is 0 Å². The highest BCUT2D eigenvalue weighted by Gasteiger charge is 2.22. The van der Waals surface area contributed by atoms with Crippen LogP contribution in [0.1, 0.15) is 12.0 Å². The van der Waals surface area contributed by atoms with Gasteiger partial charge in [-0.2, -0.15) is 0 Å². The minimum Gasteiger partial charge on any atom is -0.508 e. The van der Waals surface area contributed by atoms with Crippen LogP contribution in [0.25, 0.3) is 0 Å². The Kier molecular flexibility index (Phi) is 3.92. The smallest absolute Gasteiger partial charge is 0.307 e. The number of hydrogen-bond donors (Lipinski definition) is 4. The summed E-state index contributed by atoms with van der Waals surface area (Å²) in [7, 11) is 0. The first-order valence-electron chi connectivity index (χ1n) is 4.85. The van der Waals surface area contributed by atoms with Crippen molar-refractivity contribution in [3.05, 3.63) is 23.8 Å².